The van der Waals surface area contributed by atoms with Gasteiger partial charge in [0.05, 0.1) is 0 Å². The van der Waals surface area contributed by atoms with Crippen LogP contribution in [-0.2, 0) is 11.3 Å². The third kappa shape index (κ3) is 10.2. The molecule has 0 unspecified atom stereocenters. The van der Waals surface area contributed by atoms with Crippen LogP contribution in [-0.4, -0.2) is 11.1 Å². The number of hydrogen-bond acceptors (Lipinski definition) is 2. The number of aliphatic carboxylic acids is 1. The maximum absolute atomic E-state index is 12.5. The molecule has 0 aliphatic rings. The van der Waals surface area contributed by atoms with Crippen LogP contribution in [0.1, 0.15) is 45.6 Å². The van der Waals surface area contributed by atoms with Crippen molar-refractivity contribution in [2.24, 2.45) is 11.1 Å². The minimum Gasteiger partial charge on any atom is -0.481 e. The highest BCUT2D eigenvalue weighted by Crippen LogP contribution is 2.21. The lowest BCUT2D eigenvalue weighted by Crippen LogP contribution is -2.05. The lowest BCUT2D eigenvalue weighted by atomic mass is 9.90. The molecule has 1 rings (SSSR count). The summed E-state index contributed by atoms with van der Waals surface area (Å²) < 4.78 is 12.5. The van der Waals surface area contributed by atoms with E-state index in [0.29, 0.717) is 12.0 Å². The first-order valence-corrected chi connectivity index (χ1v) is 6.41. The van der Waals surface area contributed by atoms with Gasteiger partial charge in [0.15, 0.2) is 0 Å². The van der Waals surface area contributed by atoms with Crippen molar-refractivity contribution < 1.29 is 14.3 Å². The Morgan fingerprint density at radius 3 is 2.26 bits per heavy atom. The van der Waals surface area contributed by atoms with Crippen LogP contribution in [0.5, 0.6) is 0 Å². The van der Waals surface area contributed by atoms with E-state index in [-0.39, 0.29) is 17.8 Å². The number of carboxylic acid groups (broad SMARTS) is 1. The van der Waals surface area contributed by atoms with Gasteiger partial charge in [-0.1, -0.05) is 39.0 Å². The number of rotatable bonds is 4. The Labute approximate surface area is 114 Å². The van der Waals surface area contributed by atoms with E-state index in [9.17, 15) is 9.18 Å². The molecule has 3 nitrogen and oxygen atoms in total. The number of benzene rings is 1. The van der Waals surface area contributed by atoms with Gasteiger partial charge in [-0.25, -0.2) is 4.39 Å². The monoisotopic (exact) mass is 269 g/mol. The lowest BCUT2D eigenvalue weighted by Gasteiger charge is -2.16. The predicted octanol–water partition coefficient (Wildman–Crippen LogP) is 3.57. The molecule has 0 aliphatic carbocycles. The zero-order valence-corrected chi connectivity index (χ0v) is 11.9. The van der Waals surface area contributed by atoms with Crippen molar-refractivity contribution in [3.8, 4) is 0 Å². The Hall–Kier alpha value is -1.42. The molecular formula is C15H24FNO2. The smallest absolute Gasteiger partial charge is 0.303 e. The highest BCUT2D eigenvalue weighted by Gasteiger charge is 2.09. The fourth-order valence-electron chi connectivity index (χ4n) is 1.43. The van der Waals surface area contributed by atoms with Gasteiger partial charge in [-0.3, -0.25) is 4.79 Å². The van der Waals surface area contributed by atoms with Gasteiger partial charge in [0.25, 0.3) is 0 Å². The van der Waals surface area contributed by atoms with Crippen LogP contribution in [0, 0.1) is 11.2 Å². The molecular weight excluding hydrogens is 245 g/mol. The molecule has 0 spiro atoms. The summed E-state index contributed by atoms with van der Waals surface area (Å²) in [5, 5.41) is 8.31. The first kappa shape index (κ1) is 17.6. The van der Waals surface area contributed by atoms with Crippen molar-refractivity contribution in [1.82, 2.24) is 0 Å². The molecule has 0 bridgehead atoms. The molecule has 0 heterocycles. The predicted molar refractivity (Wildman–Crippen MR) is 75.2 cm³/mol. The number of carbonyl (C=O) groups is 1. The summed E-state index contributed by atoms with van der Waals surface area (Å²) in [4.78, 5) is 10.1. The van der Waals surface area contributed by atoms with Crippen molar-refractivity contribution in [2.45, 2.75) is 46.6 Å². The fourth-order valence-corrected chi connectivity index (χ4v) is 1.43. The van der Waals surface area contributed by atoms with Gasteiger partial charge in [-0.2, -0.15) is 0 Å². The van der Waals surface area contributed by atoms with Gasteiger partial charge in [-0.05, 0) is 24.3 Å². The second kappa shape index (κ2) is 8.64. The van der Waals surface area contributed by atoms with E-state index in [1.807, 2.05) is 0 Å². The minimum atomic E-state index is -0.691. The van der Waals surface area contributed by atoms with E-state index in [2.05, 4.69) is 20.8 Å². The molecule has 108 valence electrons. The van der Waals surface area contributed by atoms with E-state index in [1.54, 1.807) is 18.2 Å². The lowest BCUT2D eigenvalue weighted by molar-refractivity contribution is -0.137. The average Bonchev–Trinajstić information content (AvgIpc) is 2.28. The van der Waals surface area contributed by atoms with Gasteiger partial charge in [0, 0.05) is 18.5 Å². The fraction of sp³-hybridized carbons (Fsp3) is 0.533. The van der Waals surface area contributed by atoms with Gasteiger partial charge in [-0.15, -0.1) is 0 Å². The Morgan fingerprint density at radius 2 is 1.89 bits per heavy atom. The van der Waals surface area contributed by atoms with Crippen molar-refractivity contribution in [3.05, 3.63) is 35.6 Å². The quantitative estimate of drug-likeness (QED) is 0.878. The van der Waals surface area contributed by atoms with Crippen molar-refractivity contribution in [2.75, 3.05) is 0 Å². The maximum atomic E-state index is 12.5. The maximum Gasteiger partial charge on any atom is 0.303 e. The van der Waals surface area contributed by atoms with E-state index in [0.717, 1.165) is 12.8 Å². The Kier molecular flexibility index (Phi) is 8.00. The molecule has 0 atom stereocenters. The van der Waals surface area contributed by atoms with Crippen LogP contribution in [0.15, 0.2) is 24.3 Å². The van der Waals surface area contributed by atoms with Crippen molar-refractivity contribution >= 4 is 5.97 Å². The highest BCUT2D eigenvalue weighted by molar-refractivity contribution is 5.66. The summed E-state index contributed by atoms with van der Waals surface area (Å²) >= 11 is 0. The molecule has 0 radical (unpaired) electrons. The standard InChI is InChI=1S/C8H16O2.C7H8FN/c1-8(2,3)6-4-5-7(9)10;8-7-4-2-1-3-6(7)5-9/h4-6H2,1-3H3,(H,9,10);1-4H,5,9H2. The van der Waals surface area contributed by atoms with Crippen LogP contribution in [0.4, 0.5) is 4.39 Å². The number of halogens is 1. The van der Waals surface area contributed by atoms with Gasteiger partial charge >= 0.3 is 5.97 Å². The molecule has 0 saturated heterocycles. The van der Waals surface area contributed by atoms with Crippen LogP contribution in [0.25, 0.3) is 0 Å². The SMILES string of the molecule is CC(C)(C)CCCC(=O)O.NCc1ccccc1F. The second-order valence-corrected chi connectivity index (χ2v) is 5.60. The summed E-state index contributed by atoms with van der Waals surface area (Å²) in [6.45, 7) is 6.63. The molecule has 1 aromatic carbocycles. The molecule has 19 heavy (non-hydrogen) atoms. The van der Waals surface area contributed by atoms with Gasteiger partial charge in [0.1, 0.15) is 5.82 Å². The molecule has 0 aliphatic heterocycles. The average molecular weight is 269 g/mol. The number of hydrogen-bond donors (Lipinski definition) is 2. The summed E-state index contributed by atoms with van der Waals surface area (Å²) in [7, 11) is 0. The molecule has 0 saturated carbocycles. The van der Waals surface area contributed by atoms with E-state index in [1.165, 1.54) is 6.07 Å². The third-order valence-electron chi connectivity index (χ3n) is 2.50. The largest absolute Gasteiger partial charge is 0.481 e. The first-order valence-electron chi connectivity index (χ1n) is 6.41. The van der Waals surface area contributed by atoms with Crippen molar-refractivity contribution in [3.63, 3.8) is 0 Å². The van der Waals surface area contributed by atoms with E-state index >= 15 is 0 Å². The normalized spacial score (nSPS) is 10.6. The van der Waals surface area contributed by atoms with Crippen LogP contribution in [0.2, 0.25) is 0 Å². The molecule has 0 amide bonds. The van der Waals surface area contributed by atoms with Crippen LogP contribution < -0.4 is 5.73 Å². The Bertz CT molecular complexity index is 386. The Morgan fingerprint density at radius 1 is 1.32 bits per heavy atom. The molecule has 3 N–H and O–H groups in total. The summed E-state index contributed by atoms with van der Waals surface area (Å²) in [6, 6.07) is 6.50. The highest BCUT2D eigenvalue weighted by atomic mass is 19.1. The van der Waals surface area contributed by atoms with Crippen molar-refractivity contribution in [1.29, 1.82) is 0 Å². The second-order valence-electron chi connectivity index (χ2n) is 5.60. The minimum absolute atomic E-state index is 0.222. The third-order valence-corrected chi connectivity index (χ3v) is 2.50. The first-order chi connectivity index (χ1) is 8.76. The molecule has 4 heteroatoms. The summed E-state index contributed by atoms with van der Waals surface area (Å²) in [5.74, 6) is -0.913. The molecule has 0 aromatic heterocycles. The van der Waals surface area contributed by atoms with E-state index in [4.69, 9.17) is 10.8 Å². The molecule has 1 aromatic rings. The van der Waals surface area contributed by atoms with Crippen LogP contribution >= 0.6 is 0 Å². The summed E-state index contributed by atoms with van der Waals surface area (Å²) in [6.07, 6.45) is 2.08. The zero-order valence-electron chi connectivity index (χ0n) is 11.9. The molecule has 0 fully saturated rings. The van der Waals surface area contributed by atoms with Gasteiger partial charge < -0.3 is 10.8 Å². The van der Waals surface area contributed by atoms with Gasteiger partial charge in [0.2, 0.25) is 0 Å². The summed E-state index contributed by atoms with van der Waals surface area (Å²) in [5.41, 5.74) is 6.05. The van der Waals surface area contributed by atoms with Crippen LogP contribution in [0.3, 0.4) is 0 Å². The van der Waals surface area contributed by atoms with E-state index < -0.39 is 5.97 Å². The Balaban J connectivity index is 0.000000342. The number of carboxylic acids is 1. The topological polar surface area (TPSA) is 63.3 Å². The zero-order chi connectivity index (χ0) is 14.9. The number of nitrogens with two attached hydrogens (primary N) is 1.